The van der Waals surface area contributed by atoms with Crippen LogP contribution in [-0.4, -0.2) is 13.2 Å². The molecule has 64 valence electrons. The quantitative estimate of drug-likeness (QED) is 0.625. The maximum absolute atomic E-state index is 5.35. The van der Waals surface area contributed by atoms with Crippen molar-refractivity contribution in [2.24, 2.45) is 0 Å². The molecule has 0 saturated carbocycles. The van der Waals surface area contributed by atoms with E-state index in [1.165, 1.54) is 5.56 Å². The Morgan fingerprint density at radius 1 is 1.42 bits per heavy atom. The van der Waals surface area contributed by atoms with Gasteiger partial charge in [0.1, 0.15) is 11.9 Å². The van der Waals surface area contributed by atoms with E-state index < -0.39 is 0 Å². The minimum absolute atomic E-state index is 0.292. The second-order valence-corrected chi connectivity index (χ2v) is 3.04. The van der Waals surface area contributed by atoms with E-state index in [9.17, 15) is 0 Å². The van der Waals surface area contributed by atoms with Crippen molar-refractivity contribution < 1.29 is 9.47 Å². The lowest BCUT2D eigenvalue weighted by Crippen LogP contribution is -1.86. The topological polar surface area (TPSA) is 21.8 Å². The maximum Gasteiger partial charge on any atom is 0.119 e. The Hall–Kier alpha value is -1.02. The van der Waals surface area contributed by atoms with E-state index in [0.29, 0.717) is 12.2 Å². The summed E-state index contributed by atoms with van der Waals surface area (Å²) in [6, 6.07) is 8.02. The van der Waals surface area contributed by atoms with Gasteiger partial charge in [0.05, 0.1) is 13.2 Å². The molecule has 0 spiro atoms. The highest BCUT2D eigenvalue weighted by Gasteiger charge is 2.35. The first-order chi connectivity index (χ1) is 5.81. The molecule has 12 heavy (non-hydrogen) atoms. The Labute approximate surface area is 72.1 Å². The van der Waals surface area contributed by atoms with E-state index >= 15 is 0 Å². The van der Waals surface area contributed by atoms with Crippen molar-refractivity contribution in [3.63, 3.8) is 0 Å². The second-order valence-electron chi connectivity index (χ2n) is 3.04. The first-order valence-electron chi connectivity index (χ1n) is 4.10. The molecule has 0 bridgehead atoms. The van der Waals surface area contributed by atoms with Crippen molar-refractivity contribution in [2.75, 3.05) is 7.11 Å². The molecular formula is C10H12O2. The zero-order valence-corrected chi connectivity index (χ0v) is 7.28. The average Bonchev–Trinajstić information content (AvgIpc) is 2.83. The number of ether oxygens (including phenoxy) is 2. The predicted molar refractivity (Wildman–Crippen MR) is 46.3 cm³/mol. The van der Waals surface area contributed by atoms with Gasteiger partial charge in [-0.1, -0.05) is 12.1 Å². The Balaban J connectivity index is 2.21. The number of epoxide rings is 1. The second kappa shape index (κ2) is 2.79. The molecule has 2 nitrogen and oxygen atoms in total. The molecule has 2 heteroatoms. The largest absolute Gasteiger partial charge is 0.497 e. The third-order valence-electron chi connectivity index (χ3n) is 2.13. The molecule has 2 rings (SSSR count). The minimum Gasteiger partial charge on any atom is -0.497 e. The fourth-order valence-electron chi connectivity index (χ4n) is 1.35. The molecule has 1 aliphatic heterocycles. The number of rotatable bonds is 2. The summed E-state index contributed by atoms with van der Waals surface area (Å²) in [5.41, 5.74) is 1.21. The molecule has 0 amide bonds. The van der Waals surface area contributed by atoms with Gasteiger partial charge in [0.25, 0.3) is 0 Å². The van der Waals surface area contributed by atoms with E-state index in [0.717, 1.165) is 5.75 Å². The summed E-state index contributed by atoms with van der Waals surface area (Å²) < 4.78 is 10.5. The van der Waals surface area contributed by atoms with Gasteiger partial charge in [0.2, 0.25) is 0 Å². The summed E-state index contributed by atoms with van der Waals surface area (Å²) in [4.78, 5) is 0. The minimum atomic E-state index is 0.292. The lowest BCUT2D eigenvalue weighted by atomic mass is 10.1. The molecule has 1 aromatic carbocycles. The molecule has 0 unspecified atom stereocenters. The van der Waals surface area contributed by atoms with Crippen LogP contribution < -0.4 is 4.74 Å². The summed E-state index contributed by atoms with van der Waals surface area (Å²) in [5.74, 6) is 0.898. The van der Waals surface area contributed by atoms with Crippen LogP contribution in [0.4, 0.5) is 0 Å². The highest BCUT2D eigenvalue weighted by atomic mass is 16.6. The predicted octanol–water partition coefficient (Wildman–Crippen LogP) is 2.16. The van der Waals surface area contributed by atoms with Gasteiger partial charge in [-0.2, -0.15) is 0 Å². The van der Waals surface area contributed by atoms with Crippen molar-refractivity contribution in [3.05, 3.63) is 29.8 Å². The van der Waals surface area contributed by atoms with Gasteiger partial charge in [0, 0.05) is 0 Å². The number of hydrogen-bond acceptors (Lipinski definition) is 2. The van der Waals surface area contributed by atoms with Crippen LogP contribution in [0.25, 0.3) is 0 Å². The van der Waals surface area contributed by atoms with Crippen LogP contribution in [0.15, 0.2) is 24.3 Å². The van der Waals surface area contributed by atoms with Crippen LogP contribution in [0.2, 0.25) is 0 Å². The highest BCUT2D eigenvalue weighted by Crippen LogP contribution is 2.38. The number of benzene rings is 1. The fourth-order valence-corrected chi connectivity index (χ4v) is 1.35. The standard InChI is InChI=1S/C10H12O2/c1-7-10(12-7)8-4-3-5-9(6-8)11-2/h3-7,10H,1-2H3/t7-,10+/m1/s1. The van der Waals surface area contributed by atoms with Crippen molar-refractivity contribution in [3.8, 4) is 5.75 Å². The molecule has 1 fully saturated rings. The van der Waals surface area contributed by atoms with Gasteiger partial charge >= 0.3 is 0 Å². The lowest BCUT2D eigenvalue weighted by molar-refractivity contribution is 0.381. The molecule has 1 aromatic rings. The monoisotopic (exact) mass is 164 g/mol. The SMILES string of the molecule is COc1cccc([C@H]2O[C@@H]2C)c1. The Morgan fingerprint density at radius 3 is 2.75 bits per heavy atom. The summed E-state index contributed by atoms with van der Waals surface area (Å²) in [7, 11) is 1.68. The third kappa shape index (κ3) is 1.30. The van der Waals surface area contributed by atoms with Gasteiger partial charge in [-0.3, -0.25) is 0 Å². The van der Waals surface area contributed by atoms with Crippen LogP contribution in [0.1, 0.15) is 18.6 Å². The van der Waals surface area contributed by atoms with Crippen molar-refractivity contribution in [2.45, 2.75) is 19.1 Å². The van der Waals surface area contributed by atoms with Crippen molar-refractivity contribution in [1.82, 2.24) is 0 Å². The molecule has 1 heterocycles. The van der Waals surface area contributed by atoms with Gasteiger partial charge < -0.3 is 9.47 Å². The van der Waals surface area contributed by atoms with Crippen molar-refractivity contribution >= 4 is 0 Å². The van der Waals surface area contributed by atoms with E-state index in [-0.39, 0.29) is 0 Å². The number of hydrogen-bond donors (Lipinski definition) is 0. The normalized spacial score (nSPS) is 26.8. The zero-order valence-electron chi connectivity index (χ0n) is 7.28. The molecule has 1 aliphatic rings. The Kier molecular flexibility index (Phi) is 1.77. The zero-order chi connectivity index (χ0) is 8.55. The van der Waals surface area contributed by atoms with Crippen LogP contribution >= 0.6 is 0 Å². The molecule has 0 radical (unpaired) electrons. The first kappa shape index (κ1) is 7.62. The van der Waals surface area contributed by atoms with Crippen LogP contribution in [0.5, 0.6) is 5.75 Å². The van der Waals surface area contributed by atoms with Crippen LogP contribution in [0, 0.1) is 0 Å². The molecule has 0 N–H and O–H groups in total. The third-order valence-corrected chi connectivity index (χ3v) is 2.13. The summed E-state index contributed by atoms with van der Waals surface area (Å²) in [6.45, 7) is 2.07. The molecular weight excluding hydrogens is 152 g/mol. The molecule has 1 saturated heterocycles. The smallest absolute Gasteiger partial charge is 0.119 e. The Bertz CT molecular complexity index is 283. The van der Waals surface area contributed by atoms with Gasteiger partial charge in [0.15, 0.2) is 0 Å². The van der Waals surface area contributed by atoms with E-state index in [1.54, 1.807) is 7.11 Å². The highest BCUT2D eigenvalue weighted by molar-refractivity contribution is 5.31. The summed E-state index contributed by atoms with van der Waals surface area (Å²) in [5, 5.41) is 0. The van der Waals surface area contributed by atoms with Crippen LogP contribution in [0.3, 0.4) is 0 Å². The van der Waals surface area contributed by atoms with E-state index in [4.69, 9.17) is 9.47 Å². The van der Waals surface area contributed by atoms with Crippen LogP contribution in [-0.2, 0) is 4.74 Å². The molecule has 0 aromatic heterocycles. The Morgan fingerprint density at radius 2 is 2.17 bits per heavy atom. The molecule has 2 atom stereocenters. The van der Waals surface area contributed by atoms with E-state index in [2.05, 4.69) is 13.0 Å². The van der Waals surface area contributed by atoms with Gasteiger partial charge in [-0.25, -0.2) is 0 Å². The first-order valence-corrected chi connectivity index (χ1v) is 4.10. The molecule has 0 aliphatic carbocycles. The summed E-state index contributed by atoms with van der Waals surface area (Å²) in [6.07, 6.45) is 0.664. The van der Waals surface area contributed by atoms with Crippen molar-refractivity contribution in [1.29, 1.82) is 0 Å². The fraction of sp³-hybridized carbons (Fsp3) is 0.400. The number of methoxy groups -OCH3 is 1. The summed E-state index contributed by atoms with van der Waals surface area (Å²) >= 11 is 0. The lowest BCUT2D eigenvalue weighted by Gasteiger charge is -2.00. The average molecular weight is 164 g/mol. The van der Waals surface area contributed by atoms with Gasteiger partial charge in [-0.05, 0) is 24.6 Å². The van der Waals surface area contributed by atoms with Gasteiger partial charge in [-0.15, -0.1) is 0 Å². The maximum atomic E-state index is 5.35. The van der Waals surface area contributed by atoms with E-state index in [1.807, 2.05) is 18.2 Å².